The first-order valence-corrected chi connectivity index (χ1v) is 8.30. The third kappa shape index (κ3) is 3.55. The third-order valence-electron chi connectivity index (χ3n) is 4.62. The molecule has 0 N–H and O–H groups in total. The number of carbonyl (C=O) groups excluding carboxylic acids is 2. The molecule has 5 heteroatoms. The molecular weight excluding hydrogens is 292 g/mol. The van der Waals surface area contributed by atoms with E-state index < -0.39 is 0 Å². The fourth-order valence-corrected chi connectivity index (χ4v) is 3.44. The molecule has 0 bridgehead atoms. The van der Waals surface area contributed by atoms with E-state index in [9.17, 15) is 9.59 Å². The molecule has 2 amide bonds. The van der Waals surface area contributed by atoms with E-state index in [0.717, 1.165) is 29.7 Å². The number of ether oxygens (including phenoxy) is 1. The van der Waals surface area contributed by atoms with Crippen LogP contribution in [0.5, 0.6) is 0 Å². The minimum atomic E-state index is 0.00154. The molecule has 2 fully saturated rings. The van der Waals surface area contributed by atoms with E-state index in [1.54, 1.807) is 9.80 Å². The molecule has 0 saturated carbocycles. The van der Waals surface area contributed by atoms with Gasteiger partial charge in [-0.2, -0.15) is 0 Å². The van der Waals surface area contributed by atoms with Crippen molar-refractivity contribution in [2.24, 2.45) is 5.92 Å². The molecule has 23 heavy (non-hydrogen) atoms. The largest absolute Gasteiger partial charge is 0.381 e. The predicted molar refractivity (Wildman–Crippen MR) is 88.4 cm³/mol. The van der Waals surface area contributed by atoms with E-state index in [1.165, 1.54) is 0 Å². The maximum absolute atomic E-state index is 12.5. The number of carbonyl (C=O) groups is 2. The lowest BCUT2D eigenvalue weighted by molar-refractivity contribution is -0.142. The number of rotatable bonds is 2. The number of aryl methyl sites for hydroxylation is 2. The van der Waals surface area contributed by atoms with E-state index >= 15 is 0 Å². The third-order valence-corrected chi connectivity index (χ3v) is 4.62. The molecule has 0 aromatic heterocycles. The van der Waals surface area contributed by atoms with Crippen LogP contribution in [0.2, 0.25) is 0 Å². The van der Waals surface area contributed by atoms with Crippen molar-refractivity contribution in [3.05, 3.63) is 29.3 Å². The molecule has 0 spiro atoms. The maximum atomic E-state index is 12.5. The predicted octanol–water partition coefficient (Wildman–Crippen LogP) is 1.91. The molecule has 0 unspecified atom stereocenters. The molecule has 124 valence electrons. The van der Waals surface area contributed by atoms with Crippen molar-refractivity contribution < 1.29 is 14.3 Å². The Morgan fingerprint density at radius 2 is 1.74 bits per heavy atom. The minimum absolute atomic E-state index is 0.00154. The van der Waals surface area contributed by atoms with Gasteiger partial charge >= 0.3 is 0 Å². The number of benzene rings is 1. The summed E-state index contributed by atoms with van der Waals surface area (Å²) >= 11 is 0. The van der Waals surface area contributed by atoms with Crippen molar-refractivity contribution in [2.75, 3.05) is 37.7 Å². The molecule has 0 radical (unpaired) electrons. The lowest BCUT2D eigenvalue weighted by atomic mass is 9.98. The van der Waals surface area contributed by atoms with Crippen LogP contribution in [0, 0.1) is 19.8 Å². The van der Waals surface area contributed by atoms with E-state index in [4.69, 9.17) is 4.74 Å². The second-order valence-electron chi connectivity index (χ2n) is 6.54. The first kappa shape index (κ1) is 16.0. The van der Waals surface area contributed by atoms with Gasteiger partial charge in [0.25, 0.3) is 0 Å². The van der Waals surface area contributed by atoms with E-state index in [2.05, 4.69) is 6.07 Å². The topological polar surface area (TPSA) is 49.9 Å². The highest BCUT2D eigenvalue weighted by Crippen LogP contribution is 2.23. The summed E-state index contributed by atoms with van der Waals surface area (Å²) in [5.74, 6) is 0.132. The van der Waals surface area contributed by atoms with Gasteiger partial charge in [-0.3, -0.25) is 9.59 Å². The normalized spacial score (nSPS) is 20.0. The molecule has 2 saturated heterocycles. The number of amides is 2. The number of nitrogens with zero attached hydrogens (tertiary/aromatic N) is 2. The summed E-state index contributed by atoms with van der Waals surface area (Å²) in [4.78, 5) is 28.6. The van der Waals surface area contributed by atoms with Crippen LogP contribution in [0.3, 0.4) is 0 Å². The summed E-state index contributed by atoms with van der Waals surface area (Å²) in [5, 5.41) is 0. The number of piperazine rings is 1. The monoisotopic (exact) mass is 316 g/mol. The van der Waals surface area contributed by atoms with Gasteiger partial charge in [-0.05, 0) is 49.9 Å². The van der Waals surface area contributed by atoms with Gasteiger partial charge in [0.15, 0.2) is 0 Å². The lowest BCUT2D eigenvalue weighted by Crippen LogP contribution is -2.54. The highest BCUT2D eigenvalue weighted by Gasteiger charge is 2.32. The maximum Gasteiger partial charge on any atom is 0.246 e. The standard InChI is InChI=1S/C18H24N2O3/c1-13-9-14(2)11-16(10-13)20-6-5-19(12-17(20)21)18(22)15-3-7-23-8-4-15/h9-11,15H,3-8,12H2,1-2H3. The van der Waals surface area contributed by atoms with Crippen LogP contribution < -0.4 is 4.90 Å². The molecule has 2 aliphatic rings. The van der Waals surface area contributed by atoms with Gasteiger partial charge in [0.1, 0.15) is 6.54 Å². The molecule has 5 nitrogen and oxygen atoms in total. The quantitative estimate of drug-likeness (QED) is 0.837. The van der Waals surface area contributed by atoms with Gasteiger partial charge in [-0.15, -0.1) is 0 Å². The summed E-state index contributed by atoms with van der Waals surface area (Å²) in [6, 6.07) is 6.15. The fraction of sp³-hybridized carbons (Fsp3) is 0.556. The van der Waals surface area contributed by atoms with E-state index in [-0.39, 0.29) is 24.3 Å². The Morgan fingerprint density at radius 3 is 2.35 bits per heavy atom. The summed E-state index contributed by atoms with van der Waals surface area (Å²) in [6.45, 7) is 6.71. The Morgan fingerprint density at radius 1 is 1.09 bits per heavy atom. The van der Waals surface area contributed by atoms with Gasteiger partial charge < -0.3 is 14.5 Å². The smallest absolute Gasteiger partial charge is 0.246 e. The van der Waals surface area contributed by atoms with Crippen LogP contribution in [-0.4, -0.2) is 49.6 Å². The van der Waals surface area contributed by atoms with Crippen LogP contribution in [0.4, 0.5) is 5.69 Å². The van der Waals surface area contributed by atoms with Gasteiger partial charge in [0.2, 0.25) is 11.8 Å². The van der Waals surface area contributed by atoms with Crippen LogP contribution in [0.15, 0.2) is 18.2 Å². The summed E-state index contributed by atoms with van der Waals surface area (Å²) in [7, 11) is 0. The van der Waals surface area contributed by atoms with Gasteiger partial charge in [0, 0.05) is 37.9 Å². The second kappa shape index (κ2) is 6.71. The van der Waals surface area contributed by atoms with E-state index in [1.807, 2.05) is 26.0 Å². The first-order valence-electron chi connectivity index (χ1n) is 8.30. The Balaban J connectivity index is 1.67. The molecule has 1 aromatic carbocycles. The van der Waals surface area contributed by atoms with Crippen molar-refractivity contribution in [3.8, 4) is 0 Å². The average molecular weight is 316 g/mol. The van der Waals surface area contributed by atoms with Crippen molar-refractivity contribution in [1.29, 1.82) is 0 Å². The highest BCUT2D eigenvalue weighted by atomic mass is 16.5. The Labute approximate surface area is 137 Å². The first-order chi connectivity index (χ1) is 11.0. The van der Waals surface area contributed by atoms with Crippen molar-refractivity contribution in [2.45, 2.75) is 26.7 Å². The Bertz CT molecular complexity index is 588. The fourth-order valence-electron chi connectivity index (χ4n) is 3.44. The Kier molecular flexibility index (Phi) is 4.66. The Hall–Kier alpha value is -1.88. The minimum Gasteiger partial charge on any atom is -0.381 e. The molecule has 0 aliphatic carbocycles. The SMILES string of the molecule is Cc1cc(C)cc(N2CCN(C(=O)C3CCOCC3)CC2=O)c1. The van der Waals surface area contributed by atoms with Crippen molar-refractivity contribution in [3.63, 3.8) is 0 Å². The zero-order chi connectivity index (χ0) is 16.4. The molecular formula is C18H24N2O3. The molecule has 0 atom stereocenters. The molecule has 2 heterocycles. The summed E-state index contributed by atoms with van der Waals surface area (Å²) in [5.41, 5.74) is 3.23. The van der Waals surface area contributed by atoms with Crippen LogP contribution in [0.25, 0.3) is 0 Å². The lowest BCUT2D eigenvalue weighted by Gasteiger charge is -2.36. The van der Waals surface area contributed by atoms with Crippen LogP contribution in [-0.2, 0) is 14.3 Å². The number of anilines is 1. The van der Waals surface area contributed by atoms with Gasteiger partial charge in [-0.1, -0.05) is 6.07 Å². The van der Waals surface area contributed by atoms with Crippen molar-refractivity contribution >= 4 is 17.5 Å². The number of hydrogen-bond donors (Lipinski definition) is 0. The highest BCUT2D eigenvalue weighted by molar-refractivity contribution is 5.98. The van der Waals surface area contributed by atoms with Gasteiger partial charge in [-0.25, -0.2) is 0 Å². The van der Waals surface area contributed by atoms with Crippen LogP contribution >= 0.6 is 0 Å². The van der Waals surface area contributed by atoms with Gasteiger partial charge in [0.05, 0.1) is 0 Å². The molecule has 2 aliphatic heterocycles. The number of hydrogen-bond acceptors (Lipinski definition) is 3. The van der Waals surface area contributed by atoms with Crippen molar-refractivity contribution in [1.82, 2.24) is 4.90 Å². The zero-order valence-corrected chi connectivity index (χ0v) is 13.9. The zero-order valence-electron chi connectivity index (χ0n) is 13.9. The molecule has 1 aromatic rings. The molecule has 3 rings (SSSR count). The second-order valence-corrected chi connectivity index (χ2v) is 6.54. The summed E-state index contributed by atoms with van der Waals surface area (Å²) < 4.78 is 5.31. The summed E-state index contributed by atoms with van der Waals surface area (Å²) in [6.07, 6.45) is 1.54. The van der Waals surface area contributed by atoms with Crippen LogP contribution in [0.1, 0.15) is 24.0 Å². The van der Waals surface area contributed by atoms with E-state index in [0.29, 0.717) is 26.3 Å². The average Bonchev–Trinajstić information content (AvgIpc) is 2.54.